The van der Waals surface area contributed by atoms with E-state index in [9.17, 15) is 0 Å². The lowest BCUT2D eigenvalue weighted by atomic mass is 10.2. The molecule has 1 rings (SSSR count). The van der Waals surface area contributed by atoms with Crippen LogP contribution in [0.15, 0.2) is 24.3 Å². The van der Waals surface area contributed by atoms with Crippen molar-refractivity contribution in [3.05, 3.63) is 29.8 Å². The van der Waals surface area contributed by atoms with E-state index in [2.05, 4.69) is 17.4 Å². The molecule has 0 aromatic heterocycles. The van der Waals surface area contributed by atoms with Gasteiger partial charge in [0, 0.05) is 5.56 Å². The fourth-order valence-electron chi connectivity index (χ4n) is 1.38. The quantitative estimate of drug-likeness (QED) is 0.719. The van der Waals surface area contributed by atoms with Crippen LogP contribution in [0.25, 0.3) is 0 Å². The number of quaternary nitrogens is 1. The summed E-state index contributed by atoms with van der Waals surface area (Å²) in [5.74, 6) is 0.914. The first-order chi connectivity index (χ1) is 7.22. The number of hydrogen-bond donors (Lipinski definition) is 2. The fraction of sp³-hybridized carbons (Fsp3) is 0.500. The summed E-state index contributed by atoms with van der Waals surface area (Å²) >= 11 is 0. The summed E-state index contributed by atoms with van der Waals surface area (Å²) in [5, 5.41) is 11.2. The topological polar surface area (TPSA) is 46.1 Å². The van der Waals surface area contributed by atoms with E-state index in [1.165, 1.54) is 5.56 Å². The minimum atomic E-state index is -0.243. The average molecular weight is 210 g/mol. The molecule has 0 aliphatic rings. The first kappa shape index (κ1) is 12.0. The van der Waals surface area contributed by atoms with Gasteiger partial charge in [-0.15, -0.1) is 0 Å². The van der Waals surface area contributed by atoms with Crippen molar-refractivity contribution in [2.45, 2.75) is 26.5 Å². The molecule has 1 aromatic rings. The van der Waals surface area contributed by atoms with Crippen LogP contribution in [-0.4, -0.2) is 24.4 Å². The first-order valence-electron chi connectivity index (χ1n) is 5.44. The molecule has 0 unspecified atom stereocenters. The number of rotatable bonds is 6. The van der Waals surface area contributed by atoms with Crippen molar-refractivity contribution in [1.29, 1.82) is 0 Å². The minimum Gasteiger partial charge on any atom is -0.494 e. The minimum absolute atomic E-state index is 0.243. The summed E-state index contributed by atoms with van der Waals surface area (Å²) in [6, 6.07) is 8.08. The Balaban J connectivity index is 2.36. The Labute approximate surface area is 91.1 Å². The molecular weight excluding hydrogens is 190 g/mol. The van der Waals surface area contributed by atoms with Gasteiger partial charge in [0.1, 0.15) is 18.8 Å². The molecule has 0 heterocycles. The van der Waals surface area contributed by atoms with Crippen LogP contribution >= 0.6 is 0 Å². The Morgan fingerprint density at radius 3 is 2.53 bits per heavy atom. The van der Waals surface area contributed by atoms with Crippen molar-refractivity contribution in [1.82, 2.24) is 0 Å². The lowest BCUT2D eigenvalue weighted by molar-refractivity contribution is -0.676. The largest absolute Gasteiger partial charge is 0.494 e. The van der Waals surface area contributed by atoms with Crippen molar-refractivity contribution in [2.24, 2.45) is 0 Å². The van der Waals surface area contributed by atoms with Crippen molar-refractivity contribution in [2.75, 3.05) is 13.2 Å². The SMILES string of the molecule is CCOc1ccc(C[NH2+]C[C@H](C)O)cc1. The number of nitrogens with two attached hydrogens (primary N) is 1. The summed E-state index contributed by atoms with van der Waals surface area (Å²) in [4.78, 5) is 0. The summed E-state index contributed by atoms with van der Waals surface area (Å²) in [6.07, 6.45) is -0.243. The third kappa shape index (κ3) is 4.81. The first-order valence-corrected chi connectivity index (χ1v) is 5.44. The second-order valence-electron chi connectivity index (χ2n) is 3.65. The van der Waals surface area contributed by atoms with Gasteiger partial charge in [0.15, 0.2) is 0 Å². The Bertz CT molecular complexity index is 269. The molecule has 0 fully saturated rings. The molecule has 0 aliphatic heterocycles. The molecule has 0 aliphatic carbocycles. The Hall–Kier alpha value is -1.06. The Kier molecular flexibility index (Phi) is 5.15. The van der Waals surface area contributed by atoms with E-state index in [1.807, 2.05) is 19.1 Å². The van der Waals surface area contributed by atoms with Crippen LogP contribution in [0.5, 0.6) is 5.75 Å². The smallest absolute Gasteiger partial charge is 0.119 e. The summed E-state index contributed by atoms with van der Waals surface area (Å²) < 4.78 is 5.35. The molecule has 3 heteroatoms. The highest BCUT2D eigenvalue weighted by Crippen LogP contribution is 2.10. The van der Waals surface area contributed by atoms with Gasteiger partial charge in [0.25, 0.3) is 0 Å². The maximum Gasteiger partial charge on any atom is 0.119 e. The summed E-state index contributed by atoms with van der Waals surface area (Å²) in [7, 11) is 0. The molecule has 15 heavy (non-hydrogen) atoms. The highest BCUT2D eigenvalue weighted by molar-refractivity contribution is 5.26. The second kappa shape index (κ2) is 6.43. The Morgan fingerprint density at radius 1 is 1.33 bits per heavy atom. The number of benzene rings is 1. The number of aliphatic hydroxyl groups is 1. The highest BCUT2D eigenvalue weighted by Gasteiger charge is 1.99. The summed E-state index contributed by atoms with van der Waals surface area (Å²) in [6.45, 7) is 6.12. The van der Waals surface area contributed by atoms with Crippen molar-refractivity contribution < 1.29 is 15.2 Å². The van der Waals surface area contributed by atoms with Gasteiger partial charge < -0.3 is 15.2 Å². The third-order valence-corrected chi connectivity index (χ3v) is 2.12. The molecule has 0 saturated heterocycles. The van der Waals surface area contributed by atoms with Crippen molar-refractivity contribution >= 4 is 0 Å². The molecule has 3 N–H and O–H groups in total. The van der Waals surface area contributed by atoms with Gasteiger partial charge in [0.2, 0.25) is 0 Å². The van der Waals surface area contributed by atoms with E-state index in [-0.39, 0.29) is 6.10 Å². The van der Waals surface area contributed by atoms with Gasteiger partial charge in [0.05, 0.1) is 12.7 Å². The lowest BCUT2D eigenvalue weighted by Crippen LogP contribution is -2.84. The average Bonchev–Trinajstić information content (AvgIpc) is 2.20. The zero-order valence-corrected chi connectivity index (χ0v) is 9.44. The number of ether oxygens (including phenoxy) is 1. The van der Waals surface area contributed by atoms with E-state index in [4.69, 9.17) is 9.84 Å². The molecule has 0 amide bonds. The van der Waals surface area contributed by atoms with E-state index in [0.29, 0.717) is 6.61 Å². The van der Waals surface area contributed by atoms with Crippen LogP contribution in [0.1, 0.15) is 19.4 Å². The predicted octanol–water partition coefficient (Wildman–Crippen LogP) is 0.530. The standard InChI is InChI=1S/C12H19NO2/c1-3-15-12-6-4-11(5-7-12)9-13-8-10(2)14/h4-7,10,13-14H,3,8-9H2,1-2H3/p+1/t10-/m0/s1. The molecule has 1 atom stereocenters. The van der Waals surface area contributed by atoms with Crippen LogP contribution in [0.4, 0.5) is 0 Å². The van der Waals surface area contributed by atoms with Crippen LogP contribution < -0.4 is 10.1 Å². The number of aliphatic hydroxyl groups excluding tert-OH is 1. The summed E-state index contributed by atoms with van der Waals surface area (Å²) in [5.41, 5.74) is 1.25. The van der Waals surface area contributed by atoms with E-state index in [1.54, 1.807) is 6.92 Å². The van der Waals surface area contributed by atoms with Crippen LogP contribution in [0.3, 0.4) is 0 Å². The predicted molar refractivity (Wildman–Crippen MR) is 59.8 cm³/mol. The normalized spacial score (nSPS) is 12.5. The van der Waals surface area contributed by atoms with Gasteiger partial charge >= 0.3 is 0 Å². The maximum absolute atomic E-state index is 9.09. The molecule has 0 radical (unpaired) electrons. The molecule has 84 valence electrons. The zero-order chi connectivity index (χ0) is 11.1. The number of hydrogen-bond acceptors (Lipinski definition) is 2. The molecule has 0 spiro atoms. The maximum atomic E-state index is 9.09. The zero-order valence-electron chi connectivity index (χ0n) is 9.44. The Morgan fingerprint density at radius 2 is 2.00 bits per heavy atom. The van der Waals surface area contributed by atoms with Gasteiger partial charge in [-0.25, -0.2) is 0 Å². The molecule has 0 bridgehead atoms. The molecule has 0 saturated carbocycles. The van der Waals surface area contributed by atoms with Crippen molar-refractivity contribution in [3.8, 4) is 5.75 Å². The van der Waals surface area contributed by atoms with E-state index >= 15 is 0 Å². The van der Waals surface area contributed by atoms with E-state index in [0.717, 1.165) is 18.8 Å². The molecular formula is C12H20NO2+. The van der Waals surface area contributed by atoms with Gasteiger partial charge in [-0.05, 0) is 38.1 Å². The molecule has 3 nitrogen and oxygen atoms in total. The lowest BCUT2D eigenvalue weighted by Gasteiger charge is -2.05. The van der Waals surface area contributed by atoms with Crippen LogP contribution in [-0.2, 0) is 6.54 Å². The van der Waals surface area contributed by atoms with E-state index < -0.39 is 0 Å². The van der Waals surface area contributed by atoms with Gasteiger partial charge in [-0.1, -0.05) is 0 Å². The van der Waals surface area contributed by atoms with Gasteiger partial charge in [-0.3, -0.25) is 0 Å². The van der Waals surface area contributed by atoms with Crippen molar-refractivity contribution in [3.63, 3.8) is 0 Å². The van der Waals surface area contributed by atoms with Gasteiger partial charge in [-0.2, -0.15) is 0 Å². The highest BCUT2D eigenvalue weighted by atomic mass is 16.5. The third-order valence-electron chi connectivity index (χ3n) is 2.12. The molecule has 1 aromatic carbocycles. The second-order valence-corrected chi connectivity index (χ2v) is 3.65. The monoisotopic (exact) mass is 210 g/mol. The fourth-order valence-corrected chi connectivity index (χ4v) is 1.38. The van der Waals surface area contributed by atoms with Crippen LogP contribution in [0.2, 0.25) is 0 Å². The van der Waals surface area contributed by atoms with Crippen LogP contribution in [0, 0.1) is 0 Å².